The van der Waals surface area contributed by atoms with Gasteiger partial charge < -0.3 is 14.5 Å². The van der Waals surface area contributed by atoms with E-state index < -0.39 is 0 Å². The van der Waals surface area contributed by atoms with Crippen LogP contribution in [0.1, 0.15) is 16.7 Å². The fourth-order valence-corrected chi connectivity index (χ4v) is 4.17. The van der Waals surface area contributed by atoms with Gasteiger partial charge in [-0.2, -0.15) is 9.36 Å². The lowest BCUT2D eigenvalue weighted by Crippen LogP contribution is -3.27. The minimum absolute atomic E-state index is 0.652. The van der Waals surface area contributed by atoms with E-state index in [-0.39, 0.29) is 0 Å². The van der Waals surface area contributed by atoms with Crippen molar-refractivity contribution in [2.24, 2.45) is 0 Å². The van der Waals surface area contributed by atoms with Gasteiger partial charge in [-0.3, -0.25) is 0 Å². The number of benzene rings is 2. The number of hydrogen-bond acceptors (Lipinski definition) is 4. The number of nitrogens with zero attached hydrogens (tertiary/aromatic N) is 4. The molecular formula is C22H30N6OS+2. The predicted octanol–water partition coefficient (Wildman–Crippen LogP) is 0.365. The van der Waals surface area contributed by atoms with Crippen LogP contribution in [0.5, 0.6) is 5.75 Å². The van der Waals surface area contributed by atoms with Crippen molar-refractivity contribution in [3.63, 3.8) is 0 Å². The normalized spacial score (nSPS) is 19.0. The summed E-state index contributed by atoms with van der Waals surface area (Å²) in [4.78, 5) is 3.11. The number of methoxy groups -OCH3 is 1. The number of ether oxygens (including phenoxy) is 1. The van der Waals surface area contributed by atoms with Crippen LogP contribution in [0.15, 0.2) is 42.5 Å². The molecule has 2 heterocycles. The van der Waals surface area contributed by atoms with E-state index >= 15 is 0 Å². The van der Waals surface area contributed by atoms with Crippen LogP contribution in [0.3, 0.4) is 0 Å². The Balaban J connectivity index is 1.34. The Bertz CT molecular complexity index is 1050. The largest absolute Gasteiger partial charge is 0.497 e. The zero-order valence-electron chi connectivity index (χ0n) is 17.9. The maximum atomic E-state index is 5.65. The second-order valence-electron chi connectivity index (χ2n) is 8.12. The van der Waals surface area contributed by atoms with Crippen LogP contribution in [-0.4, -0.2) is 53.1 Å². The molecule has 0 saturated carbocycles. The van der Waals surface area contributed by atoms with E-state index in [0.29, 0.717) is 4.77 Å². The Kier molecular flexibility index (Phi) is 6.26. The lowest BCUT2D eigenvalue weighted by molar-refractivity contribution is -1.03. The Hall–Kier alpha value is -2.55. The standard InChI is InChI=1S/C22H28N6OS/c1-17-4-7-20(14-18(17)2)28-22(30)27(23-24-28)16-26-12-10-25(11-13-26)15-19-5-8-21(29-3)9-6-19/h4-9,14H,10-13,15-16H2,1-3H3/p+2. The maximum absolute atomic E-state index is 5.65. The van der Waals surface area contributed by atoms with Crippen molar-refractivity contribution in [3.8, 4) is 11.4 Å². The van der Waals surface area contributed by atoms with Crippen LogP contribution in [-0.2, 0) is 13.2 Å². The molecule has 0 bridgehead atoms. The third kappa shape index (κ3) is 4.61. The summed E-state index contributed by atoms with van der Waals surface area (Å²) in [5.74, 6) is 0.911. The van der Waals surface area contributed by atoms with E-state index in [2.05, 4.69) is 48.5 Å². The van der Waals surface area contributed by atoms with Gasteiger partial charge in [-0.15, -0.1) is 0 Å². The number of piperazine rings is 1. The molecule has 30 heavy (non-hydrogen) atoms. The number of quaternary nitrogens is 2. The van der Waals surface area contributed by atoms with Crippen LogP contribution in [0.4, 0.5) is 0 Å². The minimum Gasteiger partial charge on any atom is -0.497 e. The molecule has 2 N–H and O–H groups in total. The summed E-state index contributed by atoms with van der Waals surface area (Å²) in [7, 11) is 1.70. The second-order valence-corrected chi connectivity index (χ2v) is 8.49. The van der Waals surface area contributed by atoms with Crippen molar-refractivity contribution in [2.75, 3.05) is 33.3 Å². The molecule has 3 aromatic rings. The molecule has 1 saturated heterocycles. The molecule has 2 aromatic carbocycles. The van der Waals surface area contributed by atoms with E-state index in [1.807, 2.05) is 22.9 Å². The summed E-state index contributed by atoms with van der Waals surface area (Å²) in [6, 6.07) is 14.7. The summed E-state index contributed by atoms with van der Waals surface area (Å²) in [5, 5.41) is 8.63. The summed E-state index contributed by atoms with van der Waals surface area (Å²) in [5.41, 5.74) is 4.81. The monoisotopic (exact) mass is 426 g/mol. The Morgan fingerprint density at radius 2 is 1.63 bits per heavy atom. The molecule has 0 radical (unpaired) electrons. The molecule has 0 amide bonds. The molecule has 0 spiro atoms. The first kappa shape index (κ1) is 20.7. The van der Waals surface area contributed by atoms with Gasteiger partial charge in [0.1, 0.15) is 38.5 Å². The molecule has 1 fully saturated rings. The highest BCUT2D eigenvalue weighted by Gasteiger charge is 2.24. The lowest BCUT2D eigenvalue weighted by Gasteiger charge is -2.29. The van der Waals surface area contributed by atoms with Gasteiger partial charge in [-0.25, -0.2) is 0 Å². The average Bonchev–Trinajstić information content (AvgIpc) is 3.12. The van der Waals surface area contributed by atoms with Crippen LogP contribution >= 0.6 is 12.2 Å². The SMILES string of the molecule is COc1ccc(C[NH+]2CC[NH+](Cn3nnn(-c4ccc(C)c(C)c4)c3=S)CC2)cc1. The fourth-order valence-electron chi connectivity index (χ4n) is 3.93. The average molecular weight is 427 g/mol. The summed E-state index contributed by atoms with van der Waals surface area (Å²) in [6.45, 7) is 10.5. The van der Waals surface area contributed by atoms with Gasteiger partial charge in [-0.1, -0.05) is 6.07 Å². The van der Waals surface area contributed by atoms with E-state index in [0.717, 1.165) is 50.8 Å². The molecule has 8 heteroatoms. The number of nitrogens with one attached hydrogen (secondary N) is 2. The Labute approximate surface area is 182 Å². The van der Waals surface area contributed by atoms with E-state index in [1.54, 1.807) is 16.7 Å². The molecule has 0 aliphatic carbocycles. The van der Waals surface area contributed by atoms with Gasteiger partial charge in [-0.05, 0) is 84.0 Å². The highest BCUT2D eigenvalue weighted by molar-refractivity contribution is 7.71. The molecule has 1 aromatic heterocycles. The lowest BCUT2D eigenvalue weighted by atomic mass is 10.1. The first-order valence-corrected chi connectivity index (χ1v) is 10.8. The van der Waals surface area contributed by atoms with E-state index in [4.69, 9.17) is 17.0 Å². The second kappa shape index (κ2) is 9.07. The van der Waals surface area contributed by atoms with Crippen molar-refractivity contribution >= 4 is 12.2 Å². The third-order valence-electron chi connectivity index (χ3n) is 6.03. The third-order valence-corrected chi connectivity index (χ3v) is 6.41. The fraction of sp³-hybridized carbons (Fsp3) is 0.409. The first-order valence-electron chi connectivity index (χ1n) is 10.4. The summed E-state index contributed by atoms with van der Waals surface area (Å²) in [6.07, 6.45) is 0. The Morgan fingerprint density at radius 3 is 2.30 bits per heavy atom. The smallest absolute Gasteiger partial charge is 0.225 e. The number of rotatable bonds is 6. The van der Waals surface area contributed by atoms with Gasteiger partial charge in [0.2, 0.25) is 4.77 Å². The van der Waals surface area contributed by atoms with Crippen molar-refractivity contribution < 1.29 is 14.5 Å². The van der Waals surface area contributed by atoms with Gasteiger partial charge in [0.05, 0.1) is 12.8 Å². The first-order chi connectivity index (χ1) is 14.5. The van der Waals surface area contributed by atoms with Crippen LogP contribution < -0.4 is 14.5 Å². The highest BCUT2D eigenvalue weighted by Crippen LogP contribution is 2.13. The molecule has 0 unspecified atom stereocenters. The molecule has 1 aliphatic rings. The summed E-state index contributed by atoms with van der Waals surface area (Å²) >= 11 is 5.65. The Morgan fingerprint density at radius 1 is 0.933 bits per heavy atom. The predicted molar refractivity (Wildman–Crippen MR) is 118 cm³/mol. The number of tetrazole rings is 1. The van der Waals surface area contributed by atoms with Crippen LogP contribution in [0, 0.1) is 18.6 Å². The van der Waals surface area contributed by atoms with Crippen molar-refractivity contribution in [1.82, 2.24) is 19.8 Å². The van der Waals surface area contributed by atoms with Crippen molar-refractivity contribution in [3.05, 3.63) is 63.9 Å². The van der Waals surface area contributed by atoms with Gasteiger partial charge >= 0.3 is 0 Å². The van der Waals surface area contributed by atoms with Gasteiger partial charge in [0, 0.05) is 5.56 Å². The van der Waals surface area contributed by atoms with Gasteiger partial charge in [0.15, 0.2) is 6.67 Å². The summed E-state index contributed by atoms with van der Waals surface area (Å²) < 4.78 is 9.51. The van der Waals surface area contributed by atoms with Crippen LogP contribution in [0.2, 0.25) is 0 Å². The van der Waals surface area contributed by atoms with Crippen molar-refractivity contribution in [1.29, 1.82) is 0 Å². The number of aromatic nitrogens is 4. The van der Waals surface area contributed by atoms with Gasteiger partial charge in [0.25, 0.3) is 0 Å². The molecule has 0 atom stereocenters. The topological polar surface area (TPSA) is 53.8 Å². The quantitative estimate of drug-likeness (QED) is 0.559. The zero-order chi connectivity index (χ0) is 21.1. The van der Waals surface area contributed by atoms with Crippen molar-refractivity contribution in [2.45, 2.75) is 27.1 Å². The molecule has 1 aliphatic heterocycles. The highest BCUT2D eigenvalue weighted by atomic mass is 32.1. The molecule has 7 nitrogen and oxygen atoms in total. The molecule has 158 valence electrons. The molecule has 4 rings (SSSR count). The van der Waals surface area contributed by atoms with Crippen LogP contribution in [0.25, 0.3) is 5.69 Å². The zero-order valence-corrected chi connectivity index (χ0v) is 18.7. The van der Waals surface area contributed by atoms with E-state index in [9.17, 15) is 0 Å². The van der Waals surface area contributed by atoms with E-state index in [1.165, 1.54) is 21.6 Å². The maximum Gasteiger partial charge on any atom is 0.225 e. The minimum atomic E-state index is 0.652. The number of aryl methyl sites for hydroxylation is 2. The molecular weight excluding hydrogens is 396 g/mol. The number of hydrogen-bond donors (Lipinski definition) is 2.